The van der Waals surface area contributed by atoms with E-state index >= 15 is 0 Å². The highest BCUT2D eigenvalue weighted by atomic mass is 31.2. The third-order valence-corrected chi connectivity index (χ3v) is 6.43. The lowest BCUT2D eigenvalue weighted by Crippen LogP contribution is -2.34. The number of esters is 1. The zero-order valence-corrected chi connectivity index (χ0v) is 22.0. The van der Waals surface area contributed by atoms with Gasteiger partial charge in [-0.2, -0.15) is 5.09 Å². The Hall–Kier alpha value is -2.35. The molecule has 0 heterocycles. The third kappa shape index (κ3) is 11.2. The van der Waals surface area contributed by atoms with Crippen LogP contribution in [0.4, 0.5) is 0 Å². The summed E-state index contributed by atoms with van der Waals surface area (Å²) in [6.45, 7) is 7.84. The molecule has 0 aromatic heterocycles. The molecule has 10 heteroatoms. The second-order valence-electron chi connectivity index (χ2n) is 8.06. The first kappa shape index (κ1) is 29.7. The van der Waals surface area contributed by atoms with Gasteiger partial charge < -0.3 is 19.3 Å². The van der Waals surface area contributed by atoms with Crippen LogP contribution in [0, 0.1) is 5.92 Å². The first-order valence-corrected chi connectivity index (χ1v) is 13.1. The Labute approximate surface area is 203 Å². The Morgan fingerprint density at radius 2 is 1.85 bits per heavy atom. The van der Waals surface area contributed by atoms with Crippen LogP contribution in [0.2, 0.25) is 0 Å². The topological polar surface area (TPSA) is 112 Å². The number of rotatable bonds is 16. The van der Waals surface area contributed by atoms with Gasteiger partial charge >= 0.3 is 13.7 Å². The number of amides is 1. The van der Waals surface area contributed by atoms with E-state index in [9.17, 15) is 14.2 Å². The normalized spacial score (nSPS) is 14.0. The van der Waals surface area contributed by atoms with Crippen LogP contribution in [0.5, 0.6) is 11.5 Å². The lowest BCUT2D eigenvalue weighted by molar-refractivity contribution is -0.142. The van der Waals surface area contributed by atoms with E-state index in [2.05, 4.69) is 41.1 Å². The van der Waals surface area contributed by atoms with Crippen LogP contribution >= 0.6 is 7.75 Å². The Balaban J connectivity index is 2.69. The molecule has 192 valence electrons. The molecule has 2 unspecified atom stereocenters. The van der Waals surface area contributed by atoms with Gasteiger partial charge in [0, 0.05) is 13.0 Å². The second kappa shape index (κ2) is 15.5. The molecule has 1 rings (SSSR count). The molecular formula is C24H39N2O7P. The van der Waals surface area contributed by atoms with Gasteiger partial charge in [-0.15, -0.1) is 0 Å². The molecule has 0 saturated carbocycles. The van der Waals surface area contributed by atoms with Gasteiger partial charge in [-0.05, 0) is 56.7 Å². The minimum absolute atomic E-state index is 0.0195. The third-order valence-electron chi connectivity index (χ3n) is 4.69. The molecule has 2 N–H and O–H groups in total. The number of ether oxygens (including phenoxy) is 2. The molecule has 0 radical (unpaired) electrons. The highest BCUT2D eigenvalue weighted by molar-refractivity contribution is 7.52. The zero-order chi connectivity index (χ0) is 25.6. The highest BCUT2D eigenvalue weighted by Crippen LogP contribution is 2.47. The number of unbranched alkanes of at least 4 members (excludes halogenated alkanes) is 2. The maximum Gasteiger partial charge on any atom is 0.459 e. The molecule has 0 aliphatic rings. The number of allylic oxidation sites excluding steroid dienone is 2. The molecule has 34 heavy (non-hydrogen) atoms. The number of hydrogen-bond donors (Lipinski definition) is 2. The van der Waals surface area contributed by atoms with Crippen LogP contribution in [0.3, 0.4) is 0 Å². The van der Waals surface area contributed by atoms with E-state index in [4.69, 9.17) is 13.8 Å². The Morgan fingerprint density at radius 1 is 1.12 bits per heavy atom. The number of carbonyl (C=O) groups is 2. The monoisotopic (exact) mass is 498 g/mol. The summed E-state index contributed by atoms with van der Waals surface area (Å²) in [5, 5.41) is 5.45. The predicted molar refractivity (Wildman–Crippen MR) is 132 cm³/mol. The van der Waals surface area contributed by atoms with Crippen LogP contribution in [-0.2, 0) is 30.0 Å². The minimum atomic E-state index is -3.88. The van der Waals surface area contributed by atoms with Crippen molar-refractivity contribution in [2.45, 2.75) is 66.0 Å². The summed E-state index contributed by atoms with van der Waals surface area (Å²) < 4.78 is 34.0. The lowest BCUT2D eigenvalue weighted by Gasteiger charge is -2.23. The molecule has 0 bridgehead atoms. The second-order valence-corrected chi connectivity index (χ2v) is 9.75. The fourth-order valence-corrected chi connectivity index (χ4v) is 4.47. The highest BCUT2D eigenvalue weighted by Gasteiger charge is 2.32. The van der Waals surface area contributed by atoms with Crippen molar-refractivity contribution in [1.82, 2.24) is 10.4 Å². The fourth-order valence-electron chi connectivity index (χ4n) is 2.96. The van der Waals surface area contributed by atoms with E-state index < -0.39 is 19.8 Å². The smallest absolute Gasteiger partial charge is 0.459 e. The molecule has 9 nitrogen and oxygen atoms in total. The first-order valence-electron chi connectivity index (χ1n) is 11.5. The molecule has 1 amide bonds. The van der Waals surface area contributed by atoms with Crippen molar-refractivity contribution in [2.24, 2.45) is 5.92 Å². The SMILES string of the molecule is CCOP(=O)(NC(C)C(=O)OC)Oc1ccc(CNC(=O)CCCC/C=C/C(C)C)cc1OC. The summed E-state index contributed by atoms with van der Waals surface area (Å²) >= 11 is 0. The van der Waals surface area contributed by atoms with Crippen molar-refractivity contribution in [3.8, 4) is 11.5 Å². The van der Waals surface area contributed by atoms with E-state index in [0.29, 0.717) is 24.6 Å². The standard InChI is InChI=1S/C24H39N2O7P/c1-7-32-34(29,26-19(4)24(28)31-6)33-21-15-14-20(16-22(21)30-5)17-25-23(27)13-11-9-8-10-12-18(2)3/h10,12,14-16,18-19H,7-9,11,13,17H2,1-6H3,(H,25,27)(H,26,29)/b12-10+. The van der Waals surface area contributed by atoms with Gasteiger partial charge in [0.2, 0.25) is 5.91 Å². The molecule has 2 atom stereocenters. The first-order chi connectivity index (χ1) is 16.1. The molecule has 0 aliphatic carbocycles. The summed E-state index contributed by atoms with van der Waals surface area (Å²) in [6.07, 6.45) is 7.57. The number of hydrogen-bond acceptors (Lipinski definition) is 7. The van der Waals surface area contributed by atoms with E-state index in [0.717, 1.165) is 24.8 Å². The predicted octanol–water partition coefficient (Wildman–Crippen LogP) is 4.76. The summed E-state index contributed by atoms with van der Waals surface area (Å²) in [4.78, 5) is 23.8. The van der Waals surface area contributed by atoms with Crippen LogP contribution in [0.15, 0.2) is 30.4 Å². The summed E-state index contributed by atoms with van der Waals surface area (Å²) in [5.41, 5.74) is 0.791. The van der Waals surface area contributed by atoms with Gasteiger partial charge in [0.1, 0.15) is 6.04 Å². The average Bonchev–Trinajstić information content (AvgIpc) is 2.79. The maximum absolute atomic E-state index is 13.1. The number of carbonyl (C=O) groups excluding carboxylic acids is 2. The quantitative estimate of drug-likeness (QED) is 0.145. The summed E-state index contributed by atoms with van der Waals surface area (Å²) in [7, 11) is -1.19. The van der Waals surface area contributed by atoms with Crippen LogP contribution in [0.1, 0.15) is 58.9 Å². The fraction of sp³-hybridized carbons (Fsp3) is 0.583. The summed E-state index contributed by atoms with van der Waals surface area (Å²) in [6, 6.07) is 4.09. The van der Waals surface area contributed by atoms with Gasteiger partial charge in [-0.3, -0.25) is 14.1 Å². The molecular weight excluding hydrogens is 459 g/mol. The Morgan fingerprint density at radius 3 is 2.47 bits per heavy atom. The van der Waals surface area contributed by atoms with Crippen LogP contribution in [0.25, 0.3) is 0 Å². The number of benzene rings is 1. The molecule has 0 fully saturated rings. The molecule has 0 spiro atoms. The maximum atomic E-state index is 13.1. The van der Waals surface area contributed by atoms with Gasteiger partial charge in [-0.1, -0.05) is 32.1 Å². The van der Waals surface area contributed by atoms with Gasteiger partial charge in [-0.25, -0.2) is 4.57 Å². The number of methoxy groups -OCH3 is 2. The van der Waals surface area contributed by atoms with Crippen molar-refractivity contribution < 1.29 is 32.7 Å². The molecule has 1 aromatic carbocycles. The van der Waals surface area contributed by atoms with Gasteiger partial charge in [0.25, 0.3) is 0 Å². The Kier molecular flexibility index (Phi) is 13.6. The molecule has 1 aromatic rings. The summed E-state index contributed by atoms with van der Waals surface area (Å²) in [5.74, 6) is 0.412. The van der Waals surface area contributed by atoms with E-state index in [1.807, 2.05) is 0 Å². The molecule has 0 saturated heterocycles. The van der Waals surface area contributed by atoms with Crippen LogP contribution in [-0.4, -0.2) is 38.7 Å². The van der Waals surface area contributed by atoms with Gasteiger partial charge in [0.05, 0.1) is 20.8 Å². The lowest BCUT2D eigenvalue weighted by atomic mass is 10.1. The van der Waals surface area contributed by atoms with Crippen LogP contribution < -0.4 is 19.7 Å². The van der Waals surface area contributed by atoms with E-state index in [-0.39, 0.29) is 18.3 Å². The van der Waals surface area contributed by atoms with Crippen molar-refractivity contribution in [3.05, 3.63) is 35.9 Å². The van der Waals surface area contributed by atoms with Crippen molar-refractivity contribution in [1.29, 1.82) is 0 Å². The van der Waals surface area contributed by atoms with Crippen molar-refractivity contribution in [2.75, 3.05) is 20.8 Å². The zero-order valence-electron chi connectivity index (χ0n) is 21.1. The average molecular weight is 499 g/mol. The van der Waals surface area contributed by atoms with E-state index in [1.54, 1.807) is 25.1 Å². The number of nitrogens with one attached hydrogen (secondary N) is 2. The van der Waals surface area contributed by atoms with Gasteiger partial charge in [0.15, 0.2) is 11.5 Å². The largest absolute Gasteiger partial charge is 0.493 e. The van der Waals surface area contributed by atoms with Crippen molar-refractivity contribution >= 4 is 19.6 Å². The van der Waals surface area contributed by atoms with E-state index in [1.165, 1.54) is 21.1 Å². The van der Waals surface area contributed by atoms with Crippen molar-refractivity contribution in [3.63, 3.8) is 0 Å². The minimum Gasteiger partial charge on any atom is -0.493 e. The molecule has 0 aliphatic heterocycles. The Bertz CT molecular complexity index is 858.